The van der Waals surface area contributed by atoms with Gasteiger partial charge in [0, 0.05) is 17.5 Å². The lowest BCUT2D eigenvalue weighted by atomic mass is 9.78. The SMILES string of the molecule is CCC1OCCC1C(=O)NC1(CBr)CCC(C)CC1. The molecule has 1 amide bonds. The van der Waals surface area contributed by atoms with E-state index in [9.17, 15) is 4.79 Å². The van der Waals surface area contributed by atoms with Crippen molar-refractivity contribution < 1.29 is 9.53 Å². The predicted octanol–water partition coefficient (Wildman–Crippen LogP) is 3.26. The number of hydrogen-bond donors (Lipinski definition) is 1. The minimum atomic E-state index is -0.0233. The number of carbonyl (C=O) groups is 1. The monoisotopic (exact) mass is 331 g/mol. The maximum Gasteiger partial charge on any atom is 0.226 e. The summed E-state index contributed by atoms with van der Waals surface area (Å²) in [6.07, 6.45) is 6.53. The van der Waals surface area contributed by atoms with Gasteiger partial charge in [-0.1, -0.05) is 29.8 Å². The van der Waals surface area contributed by atoms with Crippen LogP contribution in [0.1, 0.15) is 52.4 Å². The Morgan fingerprint density at radius 2 is 2.05 bits per heavy atom. The number of alkyl halides is 1. The highest BCUT2D eigenvalue weighted by molar-refractivity contribution is 9.09. The smallest absolute Gasteiger partial charge is 0.226 e. The molecule has 2 rings (SSSR count). The van der Waals surface area contributed by atoms with Gasteiger partial charge in [0.2, 0.25) is 5.91 Å². The molecular weight excluding hydrogens is 306 g/mol. The number of nitrogens with one attached hydrogen (secondary N) is 1. The number of amides is 1. The van der Waals surface area contributed by atoms with E-state index >= 15 is 0 Å². The topological polar surface area (TPSA) is 38.3 Å². The molecule has 1 aliphatic carbocycles. The maximum atomic E-state index is 12.5. The lowest BCUT2D eigenvalue weighted by Gasteiger charge is -2.39. The van der Waals surface area contributed by atoms with E-state index in [0.717, 1.165) is 43.5 Å². The Morgan fingerprint density at radius 1 is 1.37 bits per heavy atom. The molecule has 110 valence electrons. The summed E-state index contributed by atoms with van der Waals surface area (Å²) in [7, 11) is 0. The minimum Gasteiger partial charge on any atom is -0.377 e. The summed E-state index contributed by atoms with van der Waals surface area (Å²) in [4.78, 5) is 12.5. The fourth-order valence-electron chi connectivity index (χ4n) is 3.31. The van der Waals surface area contributed by atoms with Crippen LogP contribution in [0.25, 0.3) is 0 Å². The zero-order chi connectivity index (χ0) is 13.9. The zero-order valence-corrected chi connectivity index (χ0v) is 13.7. The summed E-state index contributed by atoms with van der Waals surface area (Å²) < 4.78 is 5.64. The standard InChI is InChI=1S/C15H26BrNO2/c1-3-13-12(6-9-19-13)14(18)17-15(10-16)7-4-11(2)5-8-15/h11-13H,3-10H2,1-2H3,(H,17,18). The second-order valence-electron chi connectivity index (χ2n) is 6.30. The number of hydrogen-bond acceptors (Lipinski definition) is 2. The van der Waals surface area contributed by atoms with E-state index in [-0.39, 0.29) is 23.5 Å². The quantitative estimate of drug-likeness (QED) is 0.803. The molecule has 2 aliphatic rings. The summed E-state index contributed by atoms with van der Waals surface area (Å²) in [5, 5.41) is 4.21. The third-order valence-corrected chi connectivity index (χ3v) is 5.90. The molecule has 1 aliphatic heterocycles. The van der Waals surface area contributed by atoms with E-state index in [1.165, 1.54) is 12.8 Å². The van der Waals surface area contributed by atoms with Gasteiger partial charge in [0.15, 0.2) is 0 Å². The molecule has 1 heterocycles. The van der Waals surface area contributed by atoms with Gasteiger partial charge in [-0.15, -0.1) is 0 Å². The lowest BCUT2D eigenvalue weighted by Crippen LogP contribution is -2.54. The average Bonchev–Trinajstić information content (AvgIpc) is 2.90. The Bertz CT molecular complexity index is 313. The molecule has 19 heavy (non-hydrogen) atoms. The highest BCUT2D eigenvalue weighted by Crippen LogP contribution is 2.34. The van der Waals surface area contributed by atoms with Crippen LogP contribution in [0.3, 0.4) is 0 Å². The van der Waals surface area contributed by atoms with Crippen molar-refractivity contribution >= 4 is 21.8 Å². The lowest BCUT2D eigenvalue weighted by molar-refractivity contribution is -0.129. The summed E-state index contributed by atoms with van der Waals surface area (Å²) in [5.74, 6) is 1.06. The van der Waals surface area contributed by atoms with Gasteiger partial charge in [0.05, 0.1) is 12.0 Å². The first kappa shape index (κ1) is 15.3. The highest BCUT2D eigenvalue weighted by atomic mass is 79.9. The van der Waals surface area contributed by atoms with Crippen molar-refractivity contribution in [3.63, 3.8) is 0 Å². The molecule has 0 spiro atoms. The van der Waals surface area contributed by atoms with Crippen LogP contribution < -0.4 is 5.32 Å². The van der Waals surface area contributed by atoms with Crippen LogP contribution in [0.2, 0.25) is 0 Å². The van der Waals surface area contributed by atoms with Gasteiger partial charge in [-0.2, -0.15) is 0 Å². The Kier molecular flexibility index (Phi) is 5.29. The van der Waals surface area contributed by atoms with Gasteiger partial charge in [0.1, 0.15) is 0 Å². The molecule has 1 N–H and O–H groups in total. The van der Waals surface area contributed by atoms with Crippen LogP contribution in [0.5, 0.6) is 0 Å². The molecule has 0 aromatic rings. The van der Waals surface area contributed by atoms with Gasteiger partial charge in [0.25, 0.3) is 0 Å². The Hall–Kier alpha value is -0.0900. The van der Waals surface area contributed by atoms with Gasteiger partial charge < -0.3 is 10.1 Å². The molecule has 1 saturated carbocycles. The average molecular weight is 332 g/mol. The predicted molar refractivity (Wildman–Crippen MR) is 80.4 cm³/mol. The molecule has 4 heteroatoms. The molecule has 2 unspecified atom stereocenters. The molecule has 0 radical (unpaired) electrons. The zero-order valence-electron chi connectivity index (χ0n) is 12.1. The second kappa shape index (κ2) is 6.57. The third kappa shape index (κ3) is 3.52. The van der Waals surface area contributed by atoms with Crippen molar-refractivity contribution in [2.24, 2.45) is 11.8 Å². The van der Waals surface area contributed by atoms with Crippen LogP contribution >= 0.6 is 15.9 Å². The van der Waals surface area contributed by atoms with Crippen molar-refractivity contribution in [1.29, 1.82) is 0 Å². The van der Waals surface area contributed by atoms with Crippen molar-refractivity contribution in [3.05, 3.63) is 0 Å². The van der Waals surface area contributed by atoms with Crippen LogP contribution in [-0.2, 0) is 9.53 Å². The second-order valence-corrected chi connectivity index (χ2v) is 6.86. The molecule has 0 aromatic heterocycles. The normalized spacial score (nSPS) is 39.2. The fourth-order valence-corrected chi connectivity index (χ4v) is 4.01. The Balaban J connectivity index is 1.96. The first-order chi connectivity index (χ1) is 9.10. The van der Waals surface area contributed by atoms with Crippen molar-refractivity contribution in [3.8, 4) is 0 Å². The largest absolute Gasteiger partial charge is 0.377 e. The molecule has 2 fully saturated rings. The van der Waals surface area contributed by atoms with Crippen molar-refractivity contribution in [2.45, 2.75) is 64.0 Å². The molecule has 2 atom stereocenters. The van der Waals surface area contributed by atoms with E-state index in [0.29, 0.717) is 0 Å². The molecule has 1 saturated heterocycles. The van der Waals surface area contributed by atoms with Gasteiger partial charge >= 0.3 is 0 Å². The highest BCUT2D eigenvalue weighted by Gasteiger charge is 2.39. The minimum absolute atomic E-state index is 0.0233. The van der Waals surface area contributed by atoms with Crippen LogP contribution in [-0.4, -0.2) is 29.5 Å². The first-order valence-electron chi connectivity index (χ1n) is 7.60. The number of ether oxygens (including phenoxy) is 1. The van der Waals surface area contributed by atoms with Crippen LogP contribution in [0, 0.1) is 11.8 Å². The first-order valence-corrected chi connectivity index (χ1v) is 8.72. The number of carbonyl (C=O) groups excluding carboxylic acids is 1. The van der Waals surface area contributed by atoms with Gasteiger partial charge in [-0.25, -0.2) is 0 Å². The summed E-state index contributed by atoms with van der Waals surface area (Å²) in [6.45, 7) is 5.13. The molecule has 3 nitrogen and oxygen atoms in total. The van der Waals surface area contributed by atoms with E-state index < -0.39 is 0 Å². The van der Waals surface area contributed by atoms with Gasteiger partial charge in [-0.3, -0.25) is 4.79 Å². The third-order valence-electron chi connectivity index (χ3n) is 4.82. The van der Waals surface area contributed by atoms with E-state index in [2.05, 4.69) is 35.1 Å². The van der Waals surface area contributed by atoms with Crippen molar-refractivity contribution in [2.75, 3.05) is 11.9 Å². The van der Waals surface area contributed by atoms with E-state index in [1.807, 2.05) is 0 Å². The summed E-state index contributed by atoms with van der Waals surface area (Å²) >= 11 is 3.61. The Morgan fingerprint density at radius 3 is 2.63 bits per heavy atom. The van der Waals surface area contributed by atoms with Gasteiger partial charge in [-0.05, 0) is 44.4 Å². The molecular formula is C15H26BrNO2. The molecule has 0 bridgehead atoms. The van der Waals surface area contributed by atoms with Crippen LogP contribution in [0.15, 0.2) is 0 Å². The number of halogens is 1. The van der Waals surface area contributed by atoms with E-state index in [4.69, 9.17) is 4.74 Å². The maximum absolute atomic E-state index is 12.5. The van der Waals surface area contributed by atoms with Crippen molar-refractivity contribution in [1.82, 2.24) is 5.32 Å². The fraction of sp³-hybridized carbons (Fsp3) is 0.933. The summed E-state index contributed by atoms with van der Waals surface area (Å²) in [6, 6.07) is 0. The van der Waals surface area contributed by atoms with Crippen LogP contribution in [0.4, 0.5) is 0 Å². The number of rotatable bonds is 4. The summed E-state index contributed by atoms with van der Waals surface area (Å²) in [5.41, 5.74) is -0.0233. The Labute approximate surface area is 125 Å². The van der Waals surface area contributed by atoms with E-state index in [1.54, 1.807) is 0 Å². The molecule has 0 aromatic carbocycles.